The van der Waals surface area contributed by atoms with Crippen molar-refractivity contribution in [3.05, 3.63) is 39.5 Å². The highest BCUT2D eigenvalue weighted by atomic mass is 35.5. The van der Waals surface area contributed by atoms with E-state index in [0.717, 1.165) is 23.7 Å². The van der Waals surface area contributed by atoms with Crippen molar-refractivity contribution in [1.82, 2.24) is 9.97 Å². The Kier molecular flexibility index (Phi) is 4.57. The fourth-order valence-corrected chi connectivity index (χ4v) is 5.89. The summed E-state index contributed by atoms with van der Waals surface area (Å²) < 4.78 is 0. The molecular weight excluding hydrogens is 374 g/mol. The van der Waals surface area contributed by atoms with Gasteiger partial charge in [-0.2, -0.15) is 4.98 Å². The predicted octanol–water partition coefficient (Wildman–Crippen LogP) is 6.19. The molecule has 5 heteroatoms. The van der Waals surface area contributed by atoms with Gasteiger partial charge in [-0.1, -0.05) is 18.2 Å². The number of halogens is 1. The topological polar surface area (TPSA) is 29.0 Å². The van der Waals surface area contributed by atoms with E-state index in [2.05, 4.69) is 35.0 Å². The van der Waals surface area contributed by atoms with Gasteiger partial charge in [-0.25, -0.2) is 4.98 Å². The normalized spacial score (nSPS) is 17.3. The number of aromatic nitrogens is 2. The molecule has 0 N–H and O–H groups in total. The molecule has 1 saturated heterocycles. The first-order chi connectivity index (χ1) is 13.2. The summed E-state index contributed by atoms with van der Waals surface area (Å²) >= 11 is 8.04. The molecule has 5 rings (SSSR count). The summed E-state index contributed by atoms with van der Waals surface area (Å²) in [7, 11) is 0. The van der Waals surface area contributed by atoms with Gasteiger partial charge in [0, 0.05) is 23.5 Å². The van der Waals surface area contributed by atoms with Crippen molar-refractivity contribution in [1.29, 1.82) is 0 Å². The molecule has 3 nitrogen and oxygen atoms in total. The molecule has 0 atom stereocenters. The number of nitrogens with zero attached hydrogens (tertiary/aromatic N) is 3. The van der Waals surface area contributed by atoms with E-state index in [1.807, 2.05) is 0 Å². The minimum atomic E-state index is 0.362. The molecule has 140 valence electrons. The Balaban J connectivity index is 1.71. The third kappa shape index (κ3) is 3.13. The van der Waals surface area contributed by atoms with Gasteiger partial charge in [0.2, 0.25) is 5.28 Å². The Morgan fingerprint density at radius 2 is 1.74 bits per heavy atom. The number of hydrogen-bond acceptors (Lipinski definition) is 4. The second-order valence-corrected chi connectivity index (χ2v) is 9.31. The maximum absolute atomic E-state index is 6.30. The van der Waals surface area contributed by atoms with Crippen LogP contribution in [0.1, 0.15) is 48.1 Å². The van der Waals surface area contributed by atoms with Crippen molar-refractivity contribution in [2.24, 2.45) is 0 Å². The molecule has 0 amide bonds. The zero-order valence-electron chi connectivity index (χ0n) is 15.7. The number of rotatable bonds is 2. The van der Waals surface area contributed by atoms with Crippen LogP contribution in [0, 0.1) is 6.92 Å². The van der Waals surface area contributed by atoms with Gasteiger partial charge in [-0.3, -0.25) is 0 Å². The maximum Gasteiger partial charge on any atom is 0.225 e. The van der Waals surface area contributed by atoms with Gasteiger partial charge in [0.15, 0.2) is 0 Å². The van der Waals surface area contributed by atoms with Gasteiger partial charge in [0.25, 0.3) is 0 Å². The Labute approximate surface area is 169 Å². The molecule has 0 spiro atoms. The van der Waals surface area contributed by atoms with Crippen molar-refractivity contribution in [2.45, 2.75) is 51.9 Å². The molecule has 1 aromatic carbocycles. The van der Waals surface area contributed by atoms with Crippen LogP contribution in [0.4, 0.5) is 5.82 Å². The monoisotopic (exact) mass is 397 g/mol. The average molecular weight is 398 g/mol. The van der Waals surface area contributed by atoms with E-state index in [-0.39, 0.29) is 0 Å². The third-order valence-corrected chi connectivity index (χ3v) is 7.14. The molecule has 1 aliphatic carbocycles. The Morgan fingerprint density at radius 1 is 0.963 bits per heavy atom. The van der Waals surface area contributed by atoms with Crippen molar-refractivity contribution < 1.29 is 0 Å². The van der Waals surface area contributed by atoms with Crippen LogP contribution >= 0.6 is 22.9 Å². The number of piperidine rings is 1. The lowest BCUT2D eigenvalue weighted by Gasteiger charge is -2.28. The largest absolute Gasteiger partial charge is 0.356 e. The van der Waals surface area contributed by atoms with Crippen LogP contribution in [0.3, 0.4) is 0 Å². The SMILES string of the molecule is Cc1sc2nc(Cl)nc(N3CCCCC3)c2c1-c1ccc2c(c1)CCCC2. The zero-order valence-corrected chi connectivity index (χ0v) is 17.3. The molecule has 1 fully saturated rings. The van der Waals surface area contributed by atoms with Crippen molar-refractivity contribution >= 4 is 39.0 Å². The summed E-state index contributed by atoms with van der Waals surface area (Å²) in [4.78, 5) is 14.0. The second kappa shape index (κ2) is 7.06. The summed E-state index contributed by atoms with van der Waals surface area (Å²) in [6.45, 7) is 4.32. The molecule has 0 saturated carbocycles. The van der Waals surface area contributed by atoms with Crippen LogP contribution in [-0.2, 0) is 12.8 Å². The van der Waals surface area contributed by atoms with Crippen LogP contribution in [0.15, 0.2) is 18.2 Å². The summed E-state index contributed by atoms with van der Waals surface area (Å²) in [5.41, 5.74) is 5.66. The molecule has 0 unspecified atom stereocenters. The highest BCUT2D eigenvalue weighted by Gasteiger charge is 2.23. The molecule has 2 aromatic heterocycles. The lowest BCUT2D eigenvalue weighted by molar-refractivity contribution is 0.574. The fraction of sp³-hybridized carbons (Fsp3) is 0.455. The average Bonchev–Trinajstić information content (AvgIpc) is 3.03. The summed E-state index contributed by atoms with van der Waals surface area (Å²) in [6, 6.07) is 7.05. The molecule has 0 bridgehead atoms. The lowest BCUT2D eigenvalue weighted by atomic mass is 9.89. The minimum Gasteiger partial charge on any atom is -0.356 e. The van der Waals surface area contributed by atoms with E-state index in [1.165, 1.54) is 77.5 Å². The molecule has 2 aliphatic rings. The minimum absolute atomic E-state index is 0.362. The van der Waals surface area contributed by atoms with Crippen LogP contribution in [-0.4, -0.2) is 23.1 Å². The van der Waals surface area contributed by atoms with Crippen LogP contribution in [0.25, 0.3) is 21.3 Å². The highest BCUT2D eigenvalue weighted by Crippen LogP contribution is 2.43. The van der Waals surface area contributed by atoms with E-state index >= 15 is 0 Å². The molecule has 1 aliphatic heterocycles. The fourth-order valence-electron chi connectivity index (χ4n) is 4.64. The number of thiophene rings is 1. The highest BCUT2D eigenvalue weighted by molar-refractivity contribution is 7.19. The predicted molar refractivity (Wildman–Crippen MR) is 115 cm³/mol. The van der Waals surface area contributed by atoms with Gasteiger partial charge in [0.05, 0.1) is 5.39 Å². The summed E-state index contributed by atoms with van der Waals surface area (Å²) in [6.07, 6.45) is 8.79. The lowest BCUT2D eigenvalue weighted by Crippen LogP contribution is -2.30. The molecule has 3 aromatic rings. The van der Waals surface area contributed by atoms with Gasteiger partial charge >= 0.3 is 0 Å². The van der Waals surface area contributed by atoms with Crippen molar-refractivity contribution in [2.75, 3.05) is 18.0 Å². The molecule has 0 radical (unpaired) electrons. The van der Waals surface area contributed by atoms with Gasteiger partial charge < -0.3 is 4.90 Å². The smallest absolute Gasteiger partial charge is 0.225 e. The van der Waals surface area contributed by atoms with E-state index in [0.29, 0.717) is 5.28 Å². The Morgan fingerprint density at radius 3 is 2.56 bits per heavy atom. The van der Waals surface area contributed by atoms with Crippen LogP contribution in [0.5, 0.6) is 0 Å². The molecule has 27 heavy (non-hydrogen) atoms. The van der Waals surface area contributed by atoms with Crippen LogP contribution < -0.4 is 4.90 Å². The van der Waals surface area contributed by atoms with E-state index in [4.69, 9.17) is 16.6 Å². The van der Waals surface area contributed by atoms with E-state index < -0.39 is 0 Å². The van der Waals surface area contributed by atoms with Gasteiger partial charge in [-0.05, 0) is 80.2 Å². The first kappa shape index (κ1) is 17.4. The van der Waals surface area contributed by atoms with E-state index in [9.17, 15) is 0 Å². The van der Waals surface area contributed by atoms with E-state index in [1.54, 1.807) is 11.3 Å². The number of anilines is 1. The zero-order chi connectivity index (χ0) is 18.4. The number of aryl methyl sites for hydroxylation is 3. The van der Waals surface area contributed by atoms with Crippen molar-refractivity contribution in [3.63, 3.8) is 0 Å². The number of fused-ring (bicyclic) bond motifs is 2. The number of hydrogen-bond donors (Lipinski definition) is 0. The Bertz CT molecular complexity index is 1000. The summed E-state index contributed by atoms with van der Waals surface area (Å²) in [5.74, 6) is 1.03. The van der Waals surface area contributed by atoms with Crippen LogP contribution in [0.2, 0.25) is 5.28 Å². The Hall–Kier alpha value is -1.65. The number of benzene rings is 1. The maximum atomic E-state index is 6.30. The van der Waals surface area contributed by atoms with Crippen molar-refractivity contribution in [3.8, 4) is 11.1 Å². The molecular formula is C22H24ClN3S. The first-order valence-corrected chi connectivity index (χ1v) is 11.2. The summed E-state index contributed by atoms with van der Waals surface area (Å²) in [5, 5.41) is 1.56. The third-order valence-electron chi connectivity index (χ3n) is 5.97. The second-order valence-electron chi connectivity index (χ2n) is 7.77. The van der Waals surface area contributed by atoms with Gasteiger partial charge in [0.1, 0.15) is 10.6 Å². The standard InChI is InChI=1S/C22H24ClN3S/c1-14-18(17-10-9-15-7-3-4-8-16(15)13-17)19-20(26-11-5-2-6-12-26)24-22(23)25-21(19)27-14/h9-10,13H,2-8,11-12H2,1H3. The van der Waals surface area contributed by atoms with Gasteiger partial charge in [-0.15, -0.1) is 11.3 Å². The first-order valence-electron chi connectivity index (χ1n) is 10.0. The quantitative estimate of drug-likeness (QED) is 0.483. The molecule has 3 heterocycles.